The molecule has 2 heteroatoms. The number of benzene rings is 1. The maximum atomic E-state index is 5.50. The Hall–Kier alpha value is -1.02. The Morgan fingerprint density at radius 1 is 1.33 bits per heavy atom. The first-order valence-corrected chi connectivity index (χ1v) is 7.05. The van der Waals surface area contributed by atoms with E-state index in [1.165, 1.54) is 12.0 Å². The molecule has 0 aromatic heterocycles. The van der Waals surface area contributed by atoms with Crippen molar-refractivity contribution in [2.24, 2.45) is 5.92 Å². The van der Waals surface area contributed by atoms with Crippen molar-refractivity contribution in [3.63, 3.8) is 0 Å². The van der Waals surface area contributed by atoms with Crippen LogP contribution in [0.2, 0.25) is 0 Å². The molecule has 2 unspecified atom stereocenters. The van der Waals surface area contributed by atoms with Crippen LogP contribution in [0.3, 0.4) is 0 Å². The number of ether oxygens (including phenoxy) is 1. The van der Waals surface area contributed by atoms with Crippen LogP contribution >= 0.6 is 0 Å². The molecule has 1 aromatic rings. The third kappa shape index (κ3) is 2.69. The SMILES string of the molecule is CCOc1ccc(C2(CNC(C)C)CC2C)cc1. The van der Waals surface area contributed by atoms with Crippen molar-refractivity contribution >= 4 is 0 Å². The van der Waals surface area contributed by atoms with E-state index in [1.54, 1.807) is 0 Å². The van der Waals surface area contributed by atoms with Crippen molar-refractivity contribution < 1.29 is 4.74 Å². The lowest BCUT2D eigenvalue weighted by Crippen LogP contribution is -2.33. The highest BCUT2D eigenvalue weighted by molar-refractivity contribution is 5.38. The molecule has 0 heterocycles. The summed E-state index contributed by atoms with van der Waals surface area (Å²) in [6.45, 7) is 10.6. The molecule has 0 bridgehead atoms. The number of hydrogen-bond acceptors (Lipinski definition) is 2. The molecule has 1 saturated carbocycles. The largest absolute Gasteiger partial charge is 0.494 e. The maximum Gasteiger partial charge on any atom is 0.119 e. The zero-order valence-corrected chi connectivity index (χ0v) is 12.0. The zero-order valence-electron chi connectivity index (χ0n) is 12.0. The molecular formula is C16H25NO. The molecular weight excluding hydrogens is 222 g/mol. The monoisotopic (exact) mass is 247 g/mol. The van der Waals surface area contributed by atoms with Gasteiger partial charge in [-0.3, -0.25) is 0 Å². The normalized spacial score (nSPS) is 26.4. The Balaban J connectivity index is 2.08. The molecule has 18 heavy (non-hydrogen) atoms. The maximum absolute atomic E-state index is 5.50. The predicted octanol–water partition coefficient (Wildman–Crippen LogP) is 3.36. The fourth-order valence-electron chi connectivity index (χ4n) is 2.67. The van der Waals surface area contributed by atoms with Crippen molar-refractivity contribution in [2.45, 2.75) is 45.6 Å². The van der Waals surface area contributed by atoms with Crippen LogP contribution in [0.5, 0.6) is 5.75 Å². The molecule has 0 aliphatic heterocycles. The van der Waals surface area contributed by atoms with Crippen molar-refractivity contribution in [3.8, 4) is 5.75 Å². The molecule has 1 aromatic carbocycles. The lowest BCUT2D eigenvalue weighted by Gasteiger charge is -2.20. The second kappa shape index (κ2) is 5.31. The smallest absolute Gasteiger partial charge is 0.119 e. The van der Waals surface area contributed by atoms with Gasteiger partial charge in [-0.05, 0) is 37.0 Å². The predicted molar refractivity (Wildman–Crippen MR) is 76.2 cm³/mol. The third-order valence-corrected chi connectivity index (χ3v) is 4.02. The Morgan fingerprint density at radius 2 is 1.94 bits per heavy atom. The molecule has 0 amide bonds. The second-order valence-electron chi connectivity index (χ2n) is 5.75. The first-order chi connectivity index (χ1) is 8.58. The zero-order chi connectivity index (χ0) is 13.2. The van der Waals surface area contributed by atoms with E-state index in [0.29, 0.717) is 11.5 Å². The van der Waals surface area contributed by atoms with Crippen molar-refractivity contribution in [2.75, 3.05) is 13.2 Å². The van der Waals surface area contributed by atoms with Crippen LogP contribution in [0.15, 0.2) is 24.3 Å². The van der Waals surface area contributed by atoms with E-state index in [0.717, 1.165) is 24.8 Å². The quantitative estimate of drug-likeness (QED) is 0.832. The summed E-state index contributed by atoms with van der Waals surface area (Å²) in [5.74, 6) is 1.75. The first kappa shape index (κ1) is 13.4. The summed E-state index contributed by atoms with van der Waals surface area (Å²) in [6.07, 6.45) is 1.29. The fourth-order valence-corrected chi connectivity index (χ4v) is 2.67. The molecule has 2 rings (SSSR count). The first-order valence-electron chi connectivity index (χ1n) is 7.05. The van der Waals surface area contributed by atoms with Crippen LogP contribution < -0.4 is 10.1 Å². The summed E-state index contributed by atoms with van der Waals surface area (Å²) in [6, 6.07) is 9.21. The van der Waals surface area contributed by atoms with E-state index in [-0.39, 0.29) is 0 Å². The van der Waals surface area contributed by atoms with Crippen molar-refractivity contribution in [1.29, 1.82) is 0 Å². The fraction of sp³-hybridized carbons (Fsp3) is 0.625. The summed E-state index contributed by atoms with van der Waals surface area (Å²) in [5.41, 5.74) is 1.81. The van der Waals surface area contributed by atoms with Gasteiger partial charge in [0.2, 0.25) is 0 Å². The summed E-state index contributed by atoms with van der Waals surface area (Å²) in [7, 11) is 0. The summed E-state index contributed by atoms with van der Waals surface area (Å²) in [5, 5.41) is 3.59. The minimum Gasteiger partial charge on any atom is -0.494 e. The molecule has 1 aliphatic carbocycles. The van der Waals surface area contributed by atoms with E-state index in [1.807, 2.05) is 6.92 Å². The standard InChI is InChI=1S/C16H25NO/c1-5-18-15-8-6-14(7-9-15)16(10-13(16)4)11-17-12(2)3/h6-9,12-13,17H,5,10-11H2,1-4H3. The molecule has 0 spiro atoms. The Kier molecular flexibility index (Phi) is 3.96. The third-order valence-electron chi connectivity index (χ3n) is 4.02. The van der Waals surface area contributed by atoms with Crippen LogP contribution in [0.4, 0.5) is 0 Å². The van der Waals surface area contributed by atoms with E-state index in [4.69, 9.17) is 4.74 Å². The van der Waals surface area contributed by atoms with Gasteiger partial charge in [0.1, 0.15) is 5.75 Å². The van der Waals surface area contributed by atoms with Crippen molar-refractivity contribution in [3.05, 3.63) is 29.8 Å². The van der Waals surface area contributed by atoms with Gasteiger partial charge in [-0.25, -0.2) is 0 Å². The topological polar surface area (TPSA) is 21.3 Å². The van der Waals surface area contributed by atoms with Crippen LogP contribution in [-0.4, -0.2) is 19.2 Å². The average Bonchev–Trinajstić information content (AvgIpc) is 3.00. The average molecular weight is 247 g/mol. The summed E-state index contributed by atoms with van der Waals surface area (Å²) < 4.78 is 5.50. The molecule has 1 aliphatic rings. The lowest BCUT2D eigenvalue weighted by molar-refractivity contribution is 0.340. The summed E-state index contributed by atoms with van der Waals surface area (Å²) in [4.78, 5) is 0. The van der Waals surface area contributed by atoms with Gasteiger partial charge in [0.15, 0.2) is 0 Å². The van der Waals surface area contributed by atoms with Gasteiger partial charge in [-0.1, -0.05) is 32.9 Å². The highest BCUT2D eigenvalue weighted by Crippen LogP contribution is 2.53. The lowest BCUT2D eigenvalue weighted by atomic mass is 9.93. The second-order valence-corrected chi connectivity index (χ2v) is 5.75. The molecule has 1 N–H and O–H groups in total. The number of hydrogen-bond donors (Lipinski definition) is 1. The Morgan fingerprint density at radius 3 is 2.39 bits per heavy atom. The van der Waals surface area contributed by atoms with Crippen molar-refractivity contribution in [1.82, 2.24) is 5.32 Å². The van der Waals surface area contributed by atoms with Crippen LogP contribution in [0.1, 0.15) is 39.7 Å². The van der Waals surface area contributed by atoms with Gasteiger partial charge in [0.25, 0.3) is 0 Å². The Labute approximate surface area is 111 Å². The molecule has 0 saturated heterocycles. The molecule has 2 atom stereocenters. The van der Waals surface area contributed by atoms with E-state index in [9.17, 15) is 0 Å². The van der Waals surface area contributed by atoms with Gasteiger partial charge in [-0.15, -0.1) is 0 Å². The van der Waals surface area contributed by atoms with E-state index in [2.05, 4.69) is 50.4 Å². The number of rotatable bonds is 6. The van der Waals surface area contributed by atoms with Gasteiger partial charge in [0.05, 0.1) is 6.61 Å². The van der Waals surface area contributed by atoms with Gasteiger partial charge in [-0.2, -0.15) is 0 Å². The molecule has 2 nitrogen and oxygen atoms in total. The van der Waals surface area contributed by atoms with Crippen LogP contribution in [0, 0.1) is 5.92 Å². The van der Waals surface area contributed by atoms with Gasteiger partial charge < -0.3 is 10.1 Å². The molecule has 100 valence electrons. The van der Waals surface area contributed by atoms with E-state index >= 15 is 0 Å². The van der Waals surface area contributed by atoms with Gasteiger partial charge >= 0.3 is 0 Å². The molecule has 0 radical (unpaired) electrons. The highest BCUT2D eigenvalue weighted by atomic mass is 16.5. The minimum absolute atomic E-state index is 0.356. The highest BCUT2D eigenvalue weighted by Gasteiger charge is 2.51. The summed E-state index contributed by atoms with van der Waals surface area (Å²) >= 11 is 0. The van der Waals surface area contributed by atoms with Crippen LogP contribution in [-0.2, 0) is 5.41 Å². The minimum atomic E-state index is 0.356. The number of nitrogens with one attached hydrogen (secondary N) is 1. The van der Waals surface area contributed by atoms with Gasteiger partial charge in [0, 0.05) is 18.0 Å². The van der Waals surface area contributed by atoms with Crippen LogP contribution in [0.25, 0.3) is 0 Å². The van der Waals surface area contributed by atoms with E-state index < -0.39 is 0 Å². The molecule has 1 fully saturated rings. The Bertz CT molecular complexity index is 385.